The quantitative estimate of drug-likeness (QED) is 0.834. The number of hydrogen-bond acceptors (Lipinski definition) is 3. The van der Waals surface area contributed by atoms with Crippen LogP contribution in [0.1, 0.15) is 47.4 Å². The minimum atomic E-state index is -0.312. The molecule has 6 heteroatoms. The van der Waals surface area contributed by atoms with E-state index in [1.54, 1.807) is 52.3 Å². The smallest absolute Gasteiger partial charge is 0.255 e. The van der Waals surface area contributed by atoms with Gasteiger partial charge in [0.1, 0.15) is 0 Å². The highest BCUT2D eigenvalue weighted by Crippen LogP contribution is 2.23. The monoisotopic (exact) mass is 379 g/mol. The fourth-order valence-electron chi connectivity index (χ4n) is 3.39. The minimum Gasteiger partial charge on any atom is -0.339 e. The maximum absolute atomic E-state index is 12.8. The summed E-state index contributed by atoms with van der Waals surface area (Å²) in [6, 6.07) is 14.0. The van der Waals surface area contributed by atoms with E-state index in [1.165, 1.54) is 0 Å². The topological polar surface area (TPSA) is 69.7 Å². The van der Waals surface area contributed by atoms with Gasteiger partial charge in [-0.1, -0.05) is 18.2 Å². The molecule has 1 fully saturated rings. The average Bonchev–Trinajstić information content (AvgIpc) is 3.15. The van der Waals surface area contributed by atoms with Crippen LogP contribution in [0.4, 0.5) is 11.4 Å². The molecule has 1 heterocycles. The van der Waals surface area contributed by atoms with Gasteiger partial charge in [-0.3, -0.25) is 14.4 Å². The molecule has 0 radical (unpaired) electrons. The number of rotatable bonds is 6. The average molecular weight is 379 g/mol. The van der Waals surface area contributed by atoms with E-state index < -0.39 is 0 Å². The number of hydrogen-bond donors (Lipinski definition) is 1. The second-order valence-corrected chi connectivity index (χ2v) is 6.68. The normalized spacial score (nSPS) is 13.5. The van der Waals surface area contributed by atoms with E-state index in [9.17, 15) is 14.4 Å². The summed E-state index contributed by atoms with van der Waals surface area (Å²) in [4.78, 5) is 40.9. The number of carbonyl (C=O) groups is 3. The van der Waals surface area contributed by atoms with Gasteiger partial charge in [0.15, 0.2) is 0 Å². The Hall–Kier alpha value is -3.15. The highest BCUT2D eigenvalue weighted by atomic mass is 16.2. The number of para-hydroxylation sites is 1. The molecule has 0 bridgehead atoms. The Morgan fingerprint density at radius 1 is 1.07 bits per heavy atom. The first kappa shape index (κ1) is 19.6. The molecule has 1 aliphatic rings. The summed E-state index contributed by atoms with van der Waals surface area (Å²) in [6.45, 7) is 5.72. The predicted molar refractivity (Wildman–Crippen MR) is 110 cm³/mol. The van der Waals surface area contributed by atoms with Gasteiger partial charge in [0.2, 0.25) is 5.91 Å². The molecule has 0 unspecified atom stereocenters. The third-order valence-electron chi connectivity index (χ3n) is 4.95. The molecule has 1 aliphatic heterocycles. The van der Waals surface area contributed by atoms with Crippen LogP contribution in [0.3, 0.4) is 0 Å². The van der Waals surface area contributed by atoms with Crippen LogP contribution in [0.5, 0.6) is 0 Å². The number of nitrogens with zero attached hydrogens (tertiary/aromatic N) is 2. The van der Waals surface area contributed by atoms with Crippen LogP contribution in [0.2, 0.25) is 0 Å². The fourth-order valence-corrected chi connectivity index (χ4v) is 3.39. The lowest BCUT2D eigenvalue weighted by Crippen LogP contribution is -2.31. The summed E-state index contributed by atoms with van der Waals surface area (Å²) in [5.74, 6) is -0.349. The summed E-state index contributed by atoms with van der Waals surface area (Å²) >= 11 is 0. The zero-order valence-corrected chi connectivity index (χ0v) is 16.3. The maximum atomic E-state index is 12.8. The fraction of sp³-hybridized carbons (Fsp3) is 0.318. The summed E-state index contributed by atoms with van der Waals surface area (Å²) in [5.41, 5.74) is 2.11. The van der Waals surface area contributed by atoms with Gasteiger partial charge in [0, 0.05) is 37.3 Å². The Bertz CT molecular complexity index is 890. The largest absolute Gasteiger partial charge is 0.339 e. The first-order chi connectivity index (χ1) is 13.5. The Morgan fingerprint density at radius 3 is 2.50 bits per heavy atom. The molecule has 1 saturated heterocycles. The summed E-state index contributed by atoms with van der Waals surface area (Å²) < 4.78 is 0. The van der Waals surface area contributed by atoms with Crippen molar-refractivity contribution in [3.8, 4) is 0 Å². The van der Waals surface area contributed by atoms with Gasteiger partial charge in [0.05, 0.1) is 11.3 Å². The van der Waals surface area contributed by atoms with Gasteiger partial charge < -0.3 is 15.1 Å². The van der Waals surface area contributed by atoms with Crippen molar-refractivity contribution in [2.24, 2.45) is 0 Å². The molecular formula is C22H25N3O3. The van der Waals surface area contributed by atoms with Gasteiger partial charge in [0.25, 0.3) is 11.8 Å². The second-order valence-electron chi connectivity index (χ2n) is 6.68. The summed E-state index contributed by atoms with van der Waals surface area (Å²) in [6.07, 6.45) is 1.37. The van der Waals surface area contributed by atoms with Gasteiger partial charge in [-0.05, 0) is 50.6 Å². The van der Waals surface area contributed by atoms with Crippen LogP contribution in [0.15, 0.2) is 48.5 Å². The van der Waals surface area contributed by atoms with Crippen LogP contribution in [0, 0.1) is 0 Å². The van der Waals surface area contributed by atoms with Crippen LogP contribution in [0.25, 0.3) is 0 Å². The second kappa shape index (κ2) is 8.69. The summed E-state index contributed by atoms with van der Waals surface area (Å²) in [7, 11) is 0. The number of benzene rings is 2. The molecule has 0 saturated carbocycles. The molecule has 2 aromatic carbocycles. The lowest BCUT2D eigenvalue weighted by molar-refractivity contribution is -0.117. The van der Waals surface area contributed by atoms with Gasteiger partial charge in [-0.2, -0.15) is 0 Å². The number of amides is 3. The van der Waals surface area contributed by atoms with Crippen molar-refractivity contribution in [2.45, 2.75) is 26.7 Å². The Kier molecular flexibility index (Phi) is 6.09. The molecule has 1 N–H and O–H groups in total. The first-order valence-corrected chi connectivity index (χ1v) is 9.65. The van der Waals surface area contributed by atoms with Crippen LogP contribution < -0.4 is 10.2 Å². The van der Waals surface area contributed by atoms with Crippen LogP contribution in [-0.2, 0) is 4.79 Å². The molecular weight excluding hydrogens is 354 g/mol. The highest BCUT2D eigenvalue weighted by Gasteiger charge is 2.23. The Labute approximate surface area is 165 Å². The van der Waals surface area contributed by atoms with Crippen molar-refractivity contribution in [2.75, 3.05) is 29.9 Å². The van der Waals surface area contributed by atoms with Crippen molar-refractivity contribution in [3.63, 3.8) is 0 Å². The lowest BCUT2D eigenvalue weighted by atomic mass is 10.1. The zero-order valence-electron chi connectivity index (χ0n) is 16.3. The highest BCUT2D eigenvalue weighted by molar-refractivity contribution is 6.09. The molecule has 6 nitrogen and oxygen atoms in total. The van der Waals surface area contributed by atoms with Crippen molar-refractivity contribution >= 4 is 29.1 Å². The molecule has 0 atom stereocenters. The molecule has 0 aliphatic carbocycles. The van der Waals surface area contributed by atoms with Crippen molar-refractivity contribution in [1.82, 2.24) is 4.90 Å². The van der Waals surface area contributed by atoms with E-state index in [1.807, 2.05) is 19.9 Å². The first-order valence-electron chi connectivity index (χ1n) is 9.65. The van der Waals surface area contributed by atoms with Crippen molar-refractivity contribution in [3.05, 3.63) is 59.7 Å². The molecule has 3 amide bonds. The molecule has 2 aromatic rings. The number of carbonyl (C=O) groups excluding carboxylic acids is 3. The zero-order chi connectivity index (χ0) is 20.1. The Morgan fingerprint density at radius 2 is 1.82 bits per heavy atom. The lowest BCUT2D eigenvalue weighted by Gasteiger charge is -2.20. The van der Waals surface area contributed by atoms with E-state index in [0.717, 1.165) is 12.1 Å². The predicted octanol–water partition coefficient (Wildman–Crippen LogP) is 3.55. The van der Waals surface area contributed by atoms with E-state index in [4.69, 9.17) is 0 Å². The van der Waals surface area contributed by atoms with E-state index in [-0.39, 0.29) is 17.7 Å². The van der Waals surface area contributed by atoms with Crippen LogP contribution in [-0.4, -0.2) is 42.3 Å². The Balaban J connectivity index is 1.82. The summed E-state index contributed by atoms with van der Waals surface area (Å²) in [5, 5.41) is 2.85. The minimum absolute atomic E-state index is 0.0766. The number of nitrogens with one attached hydrogen (secondary N) is 1. The molecule has 0 aromatic heterocycles. The van der Waals surface area contributed by atoms with Gasteiger partial charge >= 0.3 is 0 Å². The SMILES string of the molecule is CCN(CC)C(=O)c1ccccc1NC(=O)c1cccc(N2CCCC2=O)c1. The molecule has 146 valence electrons. The van der Waals surface area contributed by atoms with Crippen LogP contribution >= 0.6 is 0 Å². The third kappa shape index (κ3) is 4.06. The maximum Gasteiger partial charge on any atom is 0.255 e. The third-order valence-corrected chi connectivity index (χ3v) is 4.95. The van der Waals surface area contributed by atoms with E-state index in [2.05, 4.69) is 5.32 Å². The van der Waals surface area contributed by atoms with Crippen molar-refractivity contribution in [1.29, 1.82) is 0 Å². The standard InChI is InChI=1S/C22H25N3O3/c1-3-24(4-2)22(28)18-11-5-6-12-19(18)23-21(27)16-9-7-10-17(15-16)25-14-8-13-20(25)26/h5-7,9-12,15H,3-4,8,13-14H2,1-2H3,(H,23,27). The molecule has 0 spiro atoms. The van der Waals surface area contributed by atoms with E-state index >= 15 is 0 Å². The van der Waals surface area contributed by atoms with Crippen molar-refractivity contribution < 1.29 is 14.4 Å². The van der Waals surface area contributed by atoms with Gasteiger partial charge in [-0.25, -0.2) is 0 Å². The molecule has 28 heavy (non-hydrogen) atoms. The van der Waals surface area contributed by atoms with Gasteiger partial charge in [-0.15, -0.1) is 0 Å². The molecule has 3 rings (SSSR count). The number of anilines is 2. The van der Waals surface area contributed by atoms with E-state index in [0.29, 0.717) is 42.9 Å².